The Hall–Kier alpha value is -1.22. The number of rotatable bonds is 4. The molecule has 2 N–H and O–H groups in total. The van der Waals surface area contributed by atoms with Crippen LogP contribution in [0.3, 0.4) is 0 Å². The first-order valence-electron chi connectivity index (χ1n) is 6.44. The van der Waals surface area contributed by atoms with Gasteiger partial charge in [-0.2, -0.15) is 0 Å². The summed E-state index contributed by atoms with van der Waals surface area (Å²) in [6.45, 7) is 9.07. The number of hydrogen-bond acceptors (Lipinski definition) is 2. The van der Waals surface area contributed by atoms with Crippen LogP contribution in [0.5, 0.6) is 0 Å². The number of aryl methyl sites for hydroxylation is 1. The van der Waals surface area contributed by atoms with Gasteiger partial charge in [0, 0.05) is 12.0 Å². The number of Topliss-reactive ketones (excluding diaryl/α,β-unsaturated/α-hetero) is 1. The SMILES string of the molecule is CC.CC(=O)C(CC(C)N)c1ccc(C)c(F)c1. The first-order chi connectivity index (χ1) is 8.41. The molecule has 0 saturated carbocycles. The number of nitrogens with two attached hydrogens (primary N) is 1. The molecule has 102 valence electrons. The van der Waals surface area contributed by atoms with Crippen LogP contribution in [0.1, 0.15) is 51.2 Å². The summed E-state index contributed by atoms with van der Waals surface area (Å²) in [7, 11) is 0. The number of carbonyl (C=O) groups excluding carboxylic acids is 1. The zero-order chi connectivity index (χ0) is 14.3. The molecule has 2 atom stereocenters. The Labute approximate surface area is 109 Å². The average molecular weight is 253 g/mol. The maximum Gasteiger partial charge on any atom is 0.137 e. The van der Waals surface area contributed by atoms with Gasteiger partial charge in [-0.25, -0.2) is 4.39 Å². The highest BCUT2D eigenvalue weighted by molar-refractivity contribution is 5.83. The fraction of sp³-hybridized carbons (Fsp3) is 0.533. The van der Waals surface area contributed by atoms with Gasteiger partial charge < -0.3 is 5.73 Å². The smallest absolute Gasteiger partial charge is 0.137 e. The van der Waals surface area contributed by atoms with Crippen molar-refractivity contribution in [1.29, 1.82) is 0 Å². The second kappa shape index (κ2) is 7.98. The molecule has 2 unspecified atom stereocenters. The van der Waals surface area contributed by atoms with E-state index in [4.69, 9.17) is 5.73 Å². The second-order valence-electron chi connectivity index (χ2n) is 4.38. The second-order valence-corrected chi connectivity index (χ2v) is 4.38. The summed E-state index contributed by atoms with van der Waals surface area (Å²) in [4.78, 5) is 11.5. The summed E-state index contributed by atoms with van der Waals surface area (Å²) < 4.78 is 13.4. The minimum atomic E-state index is -0.296. The lowest BCUT2D eigenvalue weighted by atomic mass is 9.89. The minimum Gasteiger partial charge on any atom is -0.328 e. The van der Waals surface area contributed by atoms with Crippen LogP contribution < -0.4 is 5.73 Å². The molecule has 0 aliphatic heterocycles. The van der Waals surface area contributed by atoms with Crippen molar-refractivity contribution in [3.05, 3.63) is 35.1 Å². The summed E-state index contributed by atoms with van der Waals surface area (Å²) in [5.41, 5.74) is 7.00. The van der Waals surface area contributed by atoms with Crippen LogP contribution >= 0.6 is 0 Å². The van der Waals surface area contributed by atoms with E-state index in [1.165, 1.54) is 13.0 Å². The molecule has 0 saturated heterocycles. The Kier molecular flexibility index (Phi) is 7.44. The number of benzene rings is 1. The van der Waals surface area contributed by atoms with Crippen LogP contribution in [0.15, 0.2) is 18.2 Å². The van der Waals surface area contributed by atoms with E-state index in [0.717, 1.165) is 0 Å². The number of halogens is 1. The Balaban J connectivity index is 0.00000137. The zero-order valence-corrected chi connectivity index (χ0v) is 12.0. The van der Waals surface area contributed by atoms with E-state index < -0.39 is 0 Å². The Morgan fingerprint density at radius 1 is 1.39 bits per heavy atom. The van der Waals surface area contributed by atoms with E-state index in [1.54, 1.807) is 19.1 Å². The maximum absolute atomic E-state index is 13.4. The molecule has 0 heterocycles. The largest absolute Gasteiger partial charge is 0.328 e. The van der Waals surface area contributed by atoms with Gasteiger partial charge in [-0.1, -0.05) is 26.0 Å². The van der Waals surface area contributed by atoms with Gasteiger partial charge in [0.05, 0.1) is 0 Å². The van der Waals surface area contributed by atoms with E-state index in [-0.39, 0.29) is 23.6 Å². The van der Waals surface area contributed by atoms with Crippen LogP contribution in [-0.4, -0.2) is 11.8 Å². The molecule has 1 aromatic carbocycles. The number of ketones is 1. The van der Waals surface area contributed by atoms with Crippen molar-refractivity contribution in [3.8, 4) is 0 Å². The third kappa shape index (κ3) is 4.96. The molecule has 1 aromatic rings. The molecule has 0 amide bonds. The van der Waals surface area contributed by atoms with Crippen molar-refractivity contribution < 1.29 is 9.18 Å². The lowest BCUT2D eigenvalue weighted by molar-refractivity contribution is -0.118. The minimum absolute atomic E-state index is 0.0283. The Bertz CT molecular complexity index is 388. The Morgan fingerprint density at radius 2 is 1.94 bits per heavy atom. The van der Waals surface area contributed by atoms with Gasteiger partial charge >= 0.3 is 0 Å². The number of carbonyl (C=O) groups is 1. The third-order valence-corrected chi connectivity index (χ3v) is 2.70. The zero-order valence-electron chi connectivity index (χ0n) is 12.0. The van der Waals surface area contributed by atoms with E-state index in [0.29, 0.717) is 17.5 Å². The molecular formula is C15H24FNO. The fourth-order valence-corrected chi connectivity index (χ4v) is 1.73. The average Bonchev–Trinajstić information content (AvgIpc) is 2.32. The lowest BCUT2D eigenvalue weighted by Crippen LogP contribution is -2.22. The van der Waals surface area contributed by atoms with Gasteiger partial charge in [-0.3, -0.25) is 4.79 Å². The van der Waals surface area contributed by atoms with E-state index >= 15 is 0 Å². The van der Waals surface area contributed by atoms with Crippen LogP contribution in [0.2, 0.25) is 0 Å². The van der Waals surface area contributed by atoms with Crippen molar-refractivity contribution >= 4 is 5.78 Å². The summed E-state index contributed by atoms with van der Waals surface area (Å²) in [5, 5.41) is 0. The van der Waals surface area contributed by atoms with Crippen LogP contribution in [-0.2, 0) is 4.79 Å². The van der Waals surface area contributed by atoms with Crippen molar-refractivity contribution in [2.45, 2.75) is 53.0 Å². The van der Waals surface area contributed by atoms with Crippen LogP contribution in [0, 0.1) is 12.7 Å². The van der Waals surface area contributed by atoms with Gasteiger partial charge in [-0.05, 0) is 44.4 Å². The third-order valence-electron chi connectivity index (χ3n) is 2.70. The Morgan fingerprint density at radius 3 is 2.33 bits per heavy atom. The van der Waals surface area contributed by atoms with Gasteiger partial charge in [0.2, 0.25) is 0 Å². The lowest BCUT2D eigenvalue weighted by Gasteiger charge is -2.17. The normalized spacial score (nSPS) is 13.3. The molecule has 0 spiro atoms. The topological polar surface area (TPSA) is 43.1 Å². The van der Waals surface area contributed by atoms with Gasteiger partial charge in [-0.15, -0.1) is 0 Å². The summed E-state index contributed by atoms with van der Waals surface area (Å²) >= 11 is 0. The maximum atomic E-state index is 13.4. The van der Waals surface area contributed by atoms with E-state index in [2.05, 4.69) is 0 Å². The van der Waals surface area contributed by atoms with E-state index in [1.807, 2.05) is 20.8 Å². The predicted molar refractivity (Wildman–Crippen MR) is 74.2 cm³/mol. The van der Waals surface area contributed by atoms with Crippen molar-refractivity contribution in [2.75, 3.05) is 0 Å². The predicted octanol–water partition coefficient (Wildman–Crippen LogP) is 3.57. The molecule has 0 aromatic heterocycles. The highest BCUT2D eigenvalue weighted by atomic mass is 19.1. The monoisotopic (exact) mass is 253 g/mol. The first kappa shape index (κ1) is 16.8. The van der Waals surface area contributed by atoms with Gasteiger partial charge in [0.1, 0.15) is 11.6 Å². The van der Waals surface area contributed by atoms with Gasteiger partial charge in [0.25, 0.3) is 0 Å². The summed E-state index contributed by atoms with van der Waals surface area (Å²) in [5.74, 6) is -0.538. The fourth-order valence-electron chi connectivity index (χ4n) is 1.73. The quantitative estimate of drug-likeness (QED) is 0.891. The molecule has 18 heavy (non-hydrogen) atoms. The van der Waals surface area contributed by atoms with Crippen molar-refractivity contribution in [2.24, 2.45) is 5.73 Å². The van der Waals surface area contributed by atoms with Crippen LogP contribution in [0.25, 0.3) is 0 Å². The molecule has 2 nitrogen and oxygen atoms in total. The molecule has 0 radical (unpaired) electrons. The molecular weight excluding hydrogens is 229 g/mol. The molecule has 0 fully saturated rings. The van der Waals surface area contributed by atoms with E-state index in [9.17, 15) is 9.18 Å². The standard InChI is InChI=1S/C13H18FNO.C2H6/c1-8-4-5-11(7-13(8)14)12(10(3)16)6-9(2)15;1-2/h4-5,7,9,12H,6,15H2,1-3H3;1-2H3. The summed E-state index contributed by atoms with van der Waals surface area (Å²) in [6.07, 6.45) is 0.553. The molecule has 0 aliphatic carbocycles. The molecule has 0 aliphatic rings. The highest BCUT2D eigenvalue weighted by Crippen LogP contribution is 2.23. The molecule has 3 heteroatoms. The van der Waals surface area contributed by atoms with Crippen molar-refractivity contribution in [3.63, 3.8) is 0 Å². The van der Waals surface area contributed by atoms with Gasteiger partial charge in [0.15, 0.2) is 0 Å². The summed E-state index contributed by atoms with van der Waals surface area (Å²) in [6, 6.07) is 4.86. The molecule has 1 rings (SSSR count). The molecule has 0 bridgehead atoms. The highest BCUT2D eigenvalue weighted by Gasteiger charge is 2.19. The van der Waals surface area contributed by atoms with Crippen LogP contribution in [0.4, 0.5) is 4.39 Å². The van der Waals surface area contributed by atoms with Crippen molar-refractivity contribution in [1.82, 2.24) is 0 Å². The number of hydrogen-bond donors (Lipinski definition) is 1. The first-order valence-corrected chi connectivity index (χ1v) is 6.44.